The Morgan fingerprint density at radius 1 is 1.09 bits per heavy atom. The van der Waals surface area contributed by atoms with Crippen LogP contribution in [-0.4, -0.2) is 61.1 Å². The third-order valence-corrected chi connectivity index (χ3v) is 5.83. The van der Waals surface area contributed by atoms with E-state index >= 15 is 0 Å². The summed E-state index contributed by atoms with van der Waals surface area (Å²) in [7, 11) is -2.99. The first-order chi connectivity index (χ1) is 14.9. The largest absolute Gasteiger partial charge is 0.494 e. The molecule has 0 saturated carbocycles. The van der Waals surface area contributed by atoms with Gasteiger partial charge in [0.2, 0.25) is 0 Å². The molecule has 9 nitrogen and oxygen atoms in total. The molecule has 0 aliphatic carbocycles. The van der Waals surface area contributed by atoms with Crippen molar-refractivity contribution in [2.24, 2.45) is 5.73 Å². The van der Waals surface area contributed by atoms with Gasteiger partial charge in [-0.1, -0.05) is 24.3 Å². The topological polar surface area (TPSA) is 151 Å². The summed E-state index contributed by atoms with van der Waals surface area (Å²) in [5.41, 5.74) is 8.89. The molecule has 0 heterocycles. The van der Waals surface area contributed by atoms with Gasteiger partial charge in [0.25, 0.3) is 5.91 Å². The molecule has 2 aromatic rings. The number of carbonyl (C=O) groups excluding carboxylic acids is 1. The highest BCUT2D eigenvalue weighted by Gasteiger charge is 2.33. The van der Waals surface area contributed by atoms with Crippen LogP contribution in [0.4, 0.5) is 0 Å². The Morgan fingerprint density at radius 3 is 2.09 bits per heavy atom. The fourth-order valence-electron chi connectivity index (χ4n) is 3.04. The van der Waals surface area contributed by atoms with E-state index in [1.165, 1.54) is 6.26 Å². The van der Waals surface area contributed by atoms with Gasteiger partial charge in [-0.3, -0.25) is 4.79 Å². The number of aliphatic hydroxyl groups excluding tert-OH is 1. The van der Waals surface area contributed by atoms with Crippen LogP contribution in [0.2, 0.25) is 0 Å². The molecule has 176 valence electrons. The fraction of sp³-hybridized carbons (Fsp3) is 0.409. The van der Waals surface area contributed by atoms with Crippen molar-refractivity contribution in [3.8, 4) is 16.9 Å². The highest BCUT2D eigenvalue weighted by molar-refractivity contribution is 7.90. The summed E-state index contributed by atoms with van der Waals surface area (Å²) in [6, 6.07) is 13.3. The summed E-state index contributed by atoms with van der Waals surface area (Å²) >= 11 is 0. The van der Waals surface area contributed by atoms with Crippen molar-refractivity contribution in [2.75, 3.05) is 18.6 Å². The van der Waals surface area contributed by atoms with Gasteiger partial charge in [0.05, 0.1) is 18.4 Å². The number of nitrogens with two attached hydrogens (primary N) is 1. The Hall–Kier alpha value is -2.50. The first-order valence-electron chi connectivity index (χ1n) is 10.1. The van der Waals surface area contributed by atoms with Crippen LogP contribution >= 0.6 is 0 Å². The third-order valence-electron chi connectivity index (χ3n) is 4.80. The van der Waals surface area contributed by atoms with Crippen molar-refractivity contribution in [3.63, 3.8) is 0 Å². The van der Waals surface area contributed by atoms with Gasteiger partial charge in [-0.2, -0.15) is 5.48 Å². The SMILES string of the molecule is CC(C)(N)[C@H](NC(=O)c1ccc(-c2ccc(OCCCS(C)(=O)=O)cc2)cc1)[C@H](O)NO. The summed E-state index contributed by atoms with van der Waals surface area (Å²) in [4.78, 5) is 12.6. The zero-order valence-electron chi connectivity index (χ0n) is 18.4. The maximum absolute atomic E-state index is 12.6. The predicted molar refractivity (Wildman–Crippen MR) is 122 cm³/mol. The number of rotatable bonds is 11. The van der Waals surface area contributed by atoms with Crippen LogP contribution in [0.15, 0.2) is 48.5 Å². The molecule has 2 aromatic carbocycles. The fourth-order valence-corrected chi connectivity index (χ4v) is 3.68. The van der Waals surface area contributed by atoms with E-state index in [-0.39, 0.29) is 5.75 Å². The predicted octanol–water partition coefficient (Wildman–Crippen LogP) is 1.30. The number of hydrogen-bond donors (Lipinski definition) is 5. The lowest BCUT2D eigenvalue weighted by Crippen LogP contribution is -2.63. The molecule has 6 N–H and O–H groups in total. The Bertz CT molecular complexity index is 986. The van der Waals surface area contributed by atoms with E-state index in [1.54, 1.807) is 55.7 Å². The quantitative estimate of drug-likeness (QED) is 0.189. The first kappa shape index (κ1) is 25.8. The zero-order chi connectivity index (χ0) is 23.9. The monoisotopic (exact) mass is 465 g/mol. The summed E-state index contributed by atoms with van der Waals surface area (Å²) in [6.07, 6.45) is 0.201. The van der Waals surface area contributed by atoms with Crippen LogP contribution < -0.4 is 21.3 Å². The van der Waals surface area contributed by atoms with E-state index in [0.717, 1.165) is 11.1 Å². The Morgan fingerprint density at radius 2 is 1.62 bits per heavy atom. The van der Waals surface area contributed by atoms with Crippen LogP contribution in [0, 0.1) is 0 Å². The molecule has 0 aromatic heterocycles. The summed E-state index contributed by atoms with van der Waals surface area (Å²) in [5, 5.41) is 21.5. The number of ether oxygens (including phenoxy) is 1. The highest BCUT2D eigenvalue weighted by Crippen LogP contribution is 2.23. The van der Waals surface area contributed by atoms with E-state index < -0.39 is 33.6 Å². The van der Waals surface area contributed by atoms with Gasteiger partial charge in [0.15, 0.2) is 0 Å². The second-order valence-electron chi connectivity index (χ2n) is 8.28. The van der Waals surface area contributed by atoms with Crippen LogP contribution in [0.3, 0.4) is 0 Å². The molecule has 2 atom stereocenters. The summed E-state index contributed by atoms with van der Waals surface area (Å²) in [6.45, 7) is 3.57. The van der Waals surface area contributed by atoms with Gasteiger partial charge in [-0.25, -0.2) is 8.42 Å². The number of hydroxylamine groups is 1. The lowest BCUT2D eigenvalue weighted by Gasteiger charge is -2.34. The van der Waals surface area contributed by atoms with Gasteiger partial charge >= 0.3 is 0 Å². The number of nitrogens with one attached hydrogen (secondary N) is 2. The summed E-state index contributed by atoms with van der Waals surface area (Å²) in [5.74, 6) is 0.293. The minimum absolute atomic E-state index is 0.0873. The number of hydrogen-bond acceptors (Lipinski definition) is 8. The standard InChI is InChI=1S/C22H31N3O6S/c1-22(2,23)19(21(27)25-28)24-20(26)17-7-5-15(6-8-17)16-9-11-18(12-10-16)31-13-4-14-32(3,29)30/h5-12,19,21,25,27-28H,4,13-14,23H2,1-3H3,(H,24,26)/t19-,21+/m1/s1. The van der Waals surface area contributed by atoms with Crippen molar-refractivity contribution < 1.29 is 28.3 Å². The van der Waals surface area contributed by atoms with Gasteiger partial charge in [0, 0.05) is 17.4 Å². The minimum atomic E-state index is -2.99. The lowest BCUT2D eigenvalue weighted by molar-refractivity contribution is -0.0326. The van der Waals surface area contributed by atoms with E-state index in [2.05, 4.69) is 5.32 Å². The van der Waals surface area contributed by atoms with Crippen LogP contribution in [0.1, 0.15) is 30.6 Å². The number of aliphatic hydroxyl groups is 1. The first-order valence-corrected chi connectivity index (χ1v) is 12.2. The van der Waals surface area contributed by atoms with Gasteiger partial charge in [-0.15, -0.1) is 0 Å². The molecular weight excluding hydrogens is 434 g/mol. The number of amides is 1. The molecular formula is C22H31N3O6S. The van der Waals surface area contributed by atoms with Crippen LogP contribution in [0.5, 0.6) is 5.75 Å². The maximum Gasteiger partial charge on any atom is 0.251 e. The van der Waals surface area contributed by atoms with Gasteiger partial charge < -0.3 is 26.1 Å². The maximum atomic E-state index is 12.6. The molecule has 10 heteroatoms. The number of carbonyl (C=O) groups is 1. The number of sulfone groups is 1. The molecule has 0 aliphatic heterocycles. The Balaban J connectivity index is 2.00. The van der Waals surface area contributed by atoms with E-state index in [0.29, 0.717) is 24.3 Å². The van der Waals surface area contributed by atoms with E-state index in [4.69, 9.17) is 15.7 Å². The van der Waals surface area contributed by atoms with E-state index in [1.807, 2.05) is 12.1 Å². The molecule has 0 bridgehead atoms. The molecule has 32 heavy (non-hydrogen) atoms. The second-order valence-corrected chi connectivity index (χ2v) is 10.5. The smallest absolute Gasteiger partial charge is 0.251 e. The molecule has 0 unspecified atom stereocenters. The Kier molecular flexibility index (Phi) is 8.76. The molecule has 0 aliphatic rings. The lowest BCUT2D eigenvalue weighted by atomic mass is 9.94. The minimum Gasteiger partial charge on any atom is -0.494 e. The molecule has 0 fully saturated rings. The van der Waals surface area contributed by atoms with Crippen molar-refractivity contribution in [2.45, 2.75) is 38.1 Å². The zero-order valence-corrected chi connectivity index (χ0v) is 19.2. The van der Waals surface area contributed by atoms with Crippen LogP contribution in [-0.2, 0) is 9.84 Å². The van der Waals surface area contributed by atoms with Crippen molar-refractivity contribution in [3.05, 3.63) is 54.1 Å². The summed E-state index contributed by atoms with van der Waals surface area (Å²) < 4.78 is 27.8. The van der Waals surface area contributed by atoms with Crippen molar-refractivity contribution >= 4 is 15.7 Å². The molecule has 0 radical (unpaired) electrons. The second kappa shape index (κ2) is 10.9. The molecule has 2 rings (SSSR count). The third kappa shape index (κ3) is 7.88. The number of benzene rings is 2. The van der Waals surface area contributed by atoms with Crippen molar-refractivity contribution in [1.82, 2.24) is 10.8 Å². The normalized spacial score (nSPS) is 13.9. The van der Waals surface area contributed by atoms with Gasteiger partial charge in [0.1, 0.15) is 21.8 Å². The van der Waals surface area contributed by atoms with Gasteiger partial charge in [-0.05, 0) is 55.7 Å². The highest BCUT2D eigenvalue weighted by atomic mass is 32.2. The van der Waals surface area contributed by atoms with Crippen LogP contribution in [0.25, 0.3) is 11.1 Å². The van der Waals surface area contributed by atoms with E-state index in [9.17, 15) is 18.3 Å². The Labute approximate surface area is 188 Å². The average molecular weight is 466 g/mol. The van der Waals surface area contributed by atoms with Crippen molar-refractivity contribution in [1.29, 1.82) is 0 Å². The molecule has 0 saturated heterocycles. The average Bonchev–Trinajstić information content (AvgIpc) is 2.73. The molecule has 1 amide bonds. The molecule has 0 spiro atoms.